The maximum atomic E-state index is 14.0. The smallest absolute Gasteiger partial charge is 0.338 e. The normalized spacial score (nSPS) is 18.7. The number of fused-ring (bicyclic) bond motifs is 4. The highest BCUT2D eigenvalue weighted by atomic mass is 35.5. The summed E-state index contributed by atoms with van der Waals surface area (Å²) in [5.74, 6) is 3.29. The summed E-state index contributed by atoms with van der Waals surface area (Å²) >= 11 is 7.65. The third-order valence-corrected chi connectivity index (χ3v) is 10.9. The second-order valence-corrected chi connectivity index (χ2v) is 14.2. The summed E-state index contributed by atoms with van der Waals surface area (Å²) in [6.45, 7) is 2.88. The maximum absolute atomic E-state index is 14.0. The minimum atomic E-state index is -2.77. The van der Waals surface area contributed by atoms with E-state index in [1.54, 1.807) is 42.8 Å². The second-order valence-electron chi connectivity index (χ2n) is 12.9. The van der Waals surface area contributed by atoms with Crippen LogP contribution in [0.2, 0.25) is 5.02 Å². The number of nitriles is 1. The highest BCUT2D eigenvalue weighted by Gasteiger charge is 2.48. The van der Waals surface area contributed by atoms with E-state index in [0.29, 0.717) is 56.5 Å². The van der Waals surface area contributed by atoms with Crippen LogP contribution in [0.3, 0.4) is 0 Å². The van der Waals surface area contributed by atoms with Crippen LogP contribution >= 0.6 is 22.9 Å². The van der Waals surface area contributed by atoms with Crippen molar-refractivity contribution in [2.45, 2.75) is 51.2 Å². The zero-order valence-electron chi connectivity index (χ0n) is 27.2. The van der Waals surface area contributed by atoms with Gasteiger partial charge in [0.1, 0.15) is 23.3 Å². The summed E-state index contributed by atoms with van der Waals surface area (Å²) in [4.78, 5) is 42.9. The Labute approximate surface area is 294 Å². The van der Waals surface area contributed by atoms with Crippen LogP contribution in [0.4, 0.5) is 14.6 Å². The SMILES string of the molecule is Cc1nc2cnc(N(C)C3C[C@H]4C[C@@H]3CN4CC(C)(F)F)c(C#N)c2c(=O)n1CC#Cc1ccc(Cl)cc1-c1ccnc2c(C(=O)O)csc12. The summed E-state index contributed by atoms with van der Waals surface area (Å²) < 4.78 is 29.6. The standard InChI is InChI=1S/C36H30ClF2N7O3S/c1-19-43-28-15-42-33(44(3)29-13-23-11-21(29)16-45(23)18-36(2,38)39)26(14-40)30(28)34(47)46(19)10-4-5-20-6-7-22(37)12-25(20)24-8-9-41-31-27(35(48)49)17-50-32(24)31/h6-9,12,15,17,21,23,29H,10-11,13,16,18H2,1-3H3,(H,48,49)/t21-,23-,29?/m1/s1. The molecule has 3 atom stereocenters. The van der Waals surface area contributed by atoms with Crippen molar-refractivity contribution in [1.82, 2.24) is 24.4 Å². The number of hydrogen-bond donors (Lipinski definition) is 1. The van der Waals surface area contributed by atoms with E-state index in [9.17, 15) is 28.7 Å². The van der Waals surface area contributed by atoms with E-state index in [0.717, 1.165) is 18.9 Å². The molecule has 5 aromatic rings. The van der Waals surface area contributed by atoms with Gasteiger partial charge in [0.05, 0.1) is 46.0 Å². The number of hydrogen-bond acceptors (Lipinski definition) is 9. The lowest BCUT2D eigenvalue weighted by atomic mass is 10.00. The van der Waals surface area contributed by atoms with Gasteiger partial charge in [-0.15, -0.1) is 11.3 Å². The fourth-order valence-corrected chi connectivity index (χ4v) is 8.63. The van der Waals surface area contributed by atoms with Crippen molar-refractivity contribution in [2.75, 3.05) is 25.0 Å². The molecule has 2 aliphatic rings. The molecule has 1 saturated heterocycles. The van der Waals surface area contributed by atoms with Gasteiger partial charge in [0, 0.05) is 65.9 Å². The van der Waals surface area contributed by atoms with Gasteiger partial charge in [-0.2, -0.15) is 5.26 Å². The van der Waals surface area contributed by atoms with Crippen LogP contribution in [0.25, 0.3) is 32.2 Å². The molecule has 1 aromatic carbocycles. The molecule has 1 aliphatic heterocycles. The number of rotatable bonds is 7. The van der Waals surface area contributed by atoms with Gasteiger partial charge < -0.3 is 10.0 Å². The molecule has 1 saturated carbocycles. The molecule has 0 amide bonds. The quantitative estimate of drug-likeness (QED) is 0.196. The molecule has 2 bridgehead atoms. The van der Waals surface area contributed by atoms with E-state index in [4.69, 9.17) is 11.6 Å². The average Bonchev–Trinajstić information content (AvgIpc) is 3.80. The summed E-state index contributed by atoms with van der Waals surface area (Å²) in [5, 5.41) is 22.1. The van der Waals surface area contributed by atoms with Crippen LogP contribution in [0.1, 0.15) is 47.1 Å². The number of thiophene rings is 1. The molecule has 5 heterocycles. The van der Waals surface area contributed by atoms with Gasteiger partial charge in [-0.1, -0.05) is 23.4 Å². The van der Waals surface area contributed by atoms with Gasteiger partial charge in [0.25, 0.3) is 11.5 Å². The largest absolute Gasteiger partial charge is 0.478 e. The van der Waals surface area contributed by atoms with E-state index in [-0.39, 0.29) is 47.6 Å². The number of carbonyl (C=O) groups is 1. The Morgan fingerprint density at radius 2 is 2.04 bits per heavy atom. The lowest BCUT2D eigenvalue weighted by Gasteiger charge is -2.37. The molecule has 0 radical (unpaired) electrons. The maximum Gasteiger partial charge on any atom is 0.338 e. The summed E-state index contributed by atoms with van der Waals surface area (Å²) in [6.07, 6.45) is 4.51. The Kier molecular flexibility index (Phi) is 8.55. The summed E-state index contributed by atoms with van der Waals surface area (Å²) in [7, 11) is 1.84. The molecule has 1 aliphatic carbocycles. The number of aryl methyl sites for hydroxylation is 1. The Hall–Kier alpha value is -4.95. The van der Waals surface area contributed by atoms with Crippen LogP contribution in [-0.2, 0) is 6.54 Å². The number of piperidine rings is 1. The monoisotopic (exact) mass is 713 g/mol. The number of nitrogens with zero attached hydrogens (tertiary/aromatic N) is 7. The number of alkyl halides is 2. The van der Waals surface area contributed by atoms with Gasteiger partial charge in [-0.25, -0.2) is 23.5 Å². The van der Waals surface area contributed by atoms with Crippen molar-refractivity contribution in [3.63, 3.8) is 0 Å². The number of aromatic carboxylic acids is 1. The van der Waals surface area contributed by atoms with E-state index in [2.05, 4.69) is 32.9 Å². The highest BCUT2D eigenvalue weighted by molar-refractivity contribution is 7.18. The van der Waals surface area contributed by atoms with Crippen LogP contribution in [0.15, 0.2) is 46.8 Å². The average molecular weight is 714 g/mol. The Balaban J connectivity index is 1.21. The molecule has 254 valence electrons. The van der Waals surface area contributed by atoms with E-state index in [1.807, 2.05) is 16.8 Å². The van der Waals surface area contributed by atoms with Crippen molar-refractivity contribution in [1.29, 1.82) is 5.26 Å². The highest BCUT2D eigenvalue weighted by Crippen LogP contribution is 2.43. The van der Waals surface area contributed by atoms with Crippen molar-refractivity contribution >= 4 is 55.8 Å². The molecular formula is C36H30ClF2N7O3S. The van der Waals surface area contributed by atoms with Crippen LogP contribution in [0, 0.1) is 36.0 Å². The second kappa shape index (κ2) is 12.7. The molecule has 4 aromatic heterocycles. The number of carboxylic acid groups (broad SMARTS) is 1. The molecule has 2 fully saturated rings. The number of benzene rings is 1. The molecule has 7 rings (SSSR count). The zero-order valence-corrected chi connectivity index (χ0v) is 28.8. The number of aromatic nitrogens is 4. The number of pyridine rings is 2. The predicted octanol–water partition coefficient (Wildman–Crippen LogP) is 6.21. The summed E-state index contributed by atoms with van der Waals surface area (Å²) in [5.41, 5.74) is 2.51. The van der Waals surface area contributed by atoms with Crippen LogP contribution in [0.5, 0.6) is 0 Å². The molecule has 1 N–H and O–H groups in total. The van der Waals surface area contributed by atoms with Crippen LogP contribution < -0.4 is 10.5 Å². The van der Waals surface area contributed by atoms with E-state index in [1.165, 1.54) is 22.1 Å². The van der Waals surface area contributed by atoms with Gasteiger partial charge >= 0.3 is 5.97 Å². The van der Waals surface area contributed by atoms with Gasteiger partial charge in [-0.05, 0) is 49.9 Å². The van der Waals surface area contributed by atoms with Gasteiger partial charge in [-0.3, -0.25) is 19.2 Å². The van der Waals surface area contributed by atoms with Crippen molar-refractivity contribution < 1.29 is 18.7 Å². The molecule has 1 unspecified atom stereocenters. The minimum absolute atomic E-state index is 0.00891. The van der Waals surface area contributed by atoms with Crippen molar-refractivity contribution in [3.05, 3.63) is 79.9 Å². The number of anilines is 1. The number of halogens is 3. The van der Waals surface area contributed by atoms with Crippen molar-refractivity contribution in [3.8, 4) is 29.0 Å². The lowest BCUT2D eigenvalue weighted by molar-refractivity contribution is -0.0231. The third-order valence-electron chi connectivity index (χ3n) is 9.63. The Morgan fingerprint density at radius 3 is 2.74 bits per heavy atom. The Bertz CT molecular complexity index is 2370. The fourth-order valence-electron chi connectivity index (χ4n) is 7.43. The van der Waals surface area contributed by atoms with Gasteiger partial charge in [0.2, 0.25) is 0 Å². The number of likely N-dealkylation sites (tertiary alicyclic amines) is 1. The van der Waals surface area contributed by atoms with Crippen molar-refractivity contribution in [2.24, 2.45) is 5.92 Å². The minimum Gasteiger partial charge on any atom is -0.478 e. The molecule has 50 heavy (non-hydrogen) atoms. The first-order valence-electron chi connectivity index (χ1n) is 15.9. The van der Waals surface area contributed by atoms with E-state index >= 15 is 0 Å². The van der Waals surface area contributed by atoms with Gasteiger partial charge in [0.15, 0.2) is 0 Å². The first kappa shape index (κ1) is 33.5. The lowest BCUT2D eigenvalue weighted by Crippen LogP contribution is -2.48. The molecule has 10 nitrogen and oxygen atoms in total. The predicted molar refractivity (Wildman–Crippen MR) is 188 cm³/mol. The molecule has 0 spiro atoms. The zero-order chi connectivity index (χ0) is 35.5. The molecule has 14 heteroatoms. The Morgan fingerprint density at radius 1 is 1.24 bits per heavy atom. The molecular weight excluding hydrogens is 684 g/mol. The van der Waals surface area contributed by atoms with E-state index < -0.39 is 17.5 Å². The van der Waals surface area contributed by atoms with Crippen LogP contribution in [-0.4, -0.2) is 73.6 Å². The fraction of sp³-hybridized carbons (Fsp3) is 0.333. The summed E-state index contributed by atoms with van der Waals surface area (Å²) in [6, 6.07) is 9.23. The topological polar surface area (TPSA) is 128 Å². The number of carboxylic acids is 1. The first-order chi connectivity index (χ1) is 23.8. The third kappa shape index (κ3) is 5.96. The first-order valence-corrected chi connectivity index (χ1v) is 17.1.